The first-order valence-corrected chi connectivity index (χ1v) is 7.63. The Morgan fingerprint density at radius 3 is 2.68 bits per heavy atom. The highest BCUT2D eigenvalue weighted by atomic mass is 16.5. The zero-order valence-corrected chi connectivity index (χ0v) is 11.8. The van der Waals surface area contributed by atoms with Crippen molar-refractivity contribution in [3.63, 3.8) is 0 Å². The maximum atomic E-state index is 5.45. The van der Waals surface area contributed by atoms with Crippen molar-refractivity contribution >= 4 is 0 Å². The minimum atomic E-state index is 0.492. The molecule has 0 aliphatic heterocycles. The van der Waals surface area contributed by atoms with E-state index in [0.29, 0.717) is 24.2 Å². The molecule has 2 aliphatic carbocycles. The predicted molar refractivity (Wildman–Crippen MR) is 75.1 cm³/mol. The summed E-state index contributed by atoms with van der Waals surface area (Å²) in [6, 6.07) is 1.90. The first kappa shape index (κ1) is 13.1. The molecule has 19 heavy (non-hydrogen) atoms. The second kappa shape index (κ2) is 6.06. The van der Waals surface area contributed by atoms with Crippen LogP contribution in [0.2, 0.25) is 0 Å². The summed E-state index contributed by atoms with van der Waals surface area (Å²) in [7, 11) is 1.84. The molecule has 0 aromatic carbocycles. The van der Waals surface area contributed by atoms with E-state index in [2.05, 4.69) is 21.1 Å². The van der Waals surface area contributed by atoms with Crippen LogP contribution in [0.15, 0.2) is 18.7 Å². The molecule has 2 unspecified atom stereocenters. The second-order valence-electron chi connectivity index (χ2n) is 5.99. The van der Waals surface area contributed by atoms with Gasteiger partial charge in [-0.1, -0.05) is 0 Å². The van der Waals surface area contributed by atoms with Gasteiger partial charge >= 0.3 is 0 Å². The molecule has 4 heteroatoms. The number of rotatable bonds is 4. The number of ether oxygens (including phenoxy) is 1. The summed E-state index contributed by atoms with van der Waals surface area (Å²) in [5.41, 5.74) is 0. The van der Waals surface area contributed by atoms with E-state index < -0.39 is 0 Å². The molecule has 1 aromatic heterocycles. The Balaban J connectivity index is 1.55. The molecule has 106 valence electrons. The monoisotopic (exact) mass is 263 g/mol. The maximum absolute atomic E-state index is 5.45. The van der Waals surface area contributed by atoms with Crippen molar-refractivity contribution in [3.8, 4) is 0 Å². The van der Waals surface area contributed by atoms with Crippen LogP contribution < -0.4 is 5.32 Å². The van der Waals surface area contributed by atoms with Gasteiger partial charge in [-0.2, -0.15) is 0 Å². The second-order valence-corrected chi connectivity index (χ2v) is 5.99. The van der Waals surface area contributed by atoms with Gasteiger partial charge in [0.15, 0.2) is 0 Å². The van der Waals surface area contributed by atoms with Gasteiger partial charge in [0.2, 0.25) is 0 Å². The molecule has 1 aromatic rings. The average Bonchev–Trinajstić information content (AvgIpc) is 3.10. The lowest BCUT2D eigenvalue weighted by Gasteiger charge is -2.32. The van der Waals surface area contributed by atoms with E-state index in [0.717, 1.165) is 0 Å². The number of nitrogens with zero attached hydrogens (tertiary/aromatic N) is 2. The summed E-state index contributed by atoms with van der Waals surface area (Å²) in [5.74, 6) is 0. The van der Waals surface area contributed by atoms with Crippen LogP contribution in [0, 0.1) is 0 Å². The fraction of sp³-hybridized carbons (Fsp3) is 0.800. The molecule has 2 atom stereocenters. The molecule has 1 N–H and O–H groups in total. The lowest BCUT2D eigenvalue weighted by Crippen LogP contribution is -2.43. The van der Waals surface area contributed by atoms with Crippen LogP contribution in [0.25, 0.3) is 0 Å². The number of nitrogens with one attached hydrogen (secondary N) is 1. The smallest absolute Gasteiger partial charge is 0.0949 e. The van der Waals surface area contributed by atoms with Crippen LogP contribution in [0.4, 0.5) is 0 Å². The van der Waals surface area contributed by atoms with E-state index in [-0.39, 0.29) is 0 Å². The van der Waals surface area contributed by atoms with Crippen molar-refractivity contribution in [1.29, 1.82) is 0 Å². The fourth-order valence-corrected chi connectivity index (χ4v) is 3.73. The summed E-state index contributed by atoms with van der Waals surface area (Å²) < 4.78 is 7.73. The van der Waals surface area contributed by atoms with Crippen LogP contribution >= 0.6 is 0 Å². The van der Waals surface area contributed by atoms with E-state index >= 15 is 0 Å². The van der Waals surface area contributed by atoms with Gasteiger partial charge < -0.3 is 14.6 Å². The van der Waals surface area contributed by atoms with Crippen LogP contribution in [-0.4, -0.2) is 34.8 Å². The highest BCUT2D eigenvalue weighted by Crippen LogP contribution is 2.31. The molecule has 3 rings (SSSR count). The Kier molecular flexibility index (Phi) is 4.18. The molecule has 2 fully saturated rings. The average molecular weight is 263 g/mol. The molecule has 0 radical (unpaired) electrons. The van der Waals surface area contributed by atoms with Crippen molar-refractivity contribution in [2.45, 2.75) is 69.2 Å². The molecule has 0 spiro atoms. The SMILES string of the molecule is COC1CCC(NC2CCCC2n2ccnc2)CC1. The Bertz CT molecular complexity index is 371. The van der Waals surface area contributed by atoms with Crippen LogP contribution in [0.5, 0.6) is 0 Å². The highest BCUT2D eigenvalue weighted by molar-refractivity contribution is 4.93. The van der Waals surface area contributed by atoms with Crippen molar-refractivity contribution in [1.82, 2.24) is 14.9 Å². The first-order chi connectivity index (χ1) is 9.36. The molecule has 4 nitrogen and oxygen atoms in total. The van der Waals surface area contributed by atoms with Gasteiger partial charge in [0.1, 0.15) is 0 Å². The van der Waals surface area contributed by atoms with Gasteiger partial charge in [-0.15, -0.1) is 0 Å². The Hall–Kier alpha value is -0.870. The minimum absolute atomic E-state index is 0.492. The number of aromatic nitrogens is 2. The summed E-state index contributed by atoms with van der Waals surface area (Å²) in [4.78, 5) is 4.19. The molecule has 0 bridgehead atoms. The Morgan fingerprint density at radius 2 is 2.00 bits per heavy atom. The number of hydrogen-bond donors (Lipinski definition) is 1. The zero-order valence-electron chi connectivity index (χ0n) is 11.8. The third kappa shape index (κ3) is 3.00. The van der Waals surface area contributed by atoms with Gasteiger partial charge in [0, 0.05) is 37.6 Å². The minimum Gasteiger partial charge on any atom is -0.381 e. The topological polar surface area (TPSA) is 39.1 Å². The van der Waals surface area contributed by atoms with Crippen LogP contribution in [0.1, 0.15) is 51.0 Å². The fourth-order valence-electron chi connectivity index (χ4n) is 3.73. The van der Waals surface area contributed by atoms with E-state index in [1.54, 1.807) is 0 Å². The van der Waals surface area contributed by atoms with Gasteiger partial charge in [0.05, 0.1) is 12.4 Å². The van der Waals surface area contributed by atoms with E-state index in [1.165, 1.54) is 44.9 Å². The molecular formula is C15H25N3O. The van der Waals surface area contributed by atoms with Gasteiger partial charge in [-0.25, -0.2) is 4.98 Å². The van der Waals surface area contributed by atoms with E-state index in [9.17, 15) is 0 Å². The molecule has 2 saturated carbocycles. The summed E-state index contributed by atoms with van der Waals surface area (Å²) in [5, 5.41) is 3.90. The van der Waals surface area contributed by atoms with Crippen molar-refractivity contribution < 1.29 is 4.74 Å². The lowest BCUT2D eigenvalue weighted by atomic mass is 9.92. The standard InChI is InChI=1S/C15H25N3O/c1-19-13-7-5-12(6-8-13)17-14-3-2-4-15(14)18-10-9-16-11-18/h9-15,17H,2-8H2,1H3. The number of methoxy groups -OCH3 is 1. The van der Waals surface area contributed by atoms with Crippen molar-refractivity contribution in [2.75, 3.05) is 7.11 Å². The summed E-state index contributed by atoms with van der Waals surface area (Å²) >= 11 is 0. The Labute approximate surface area is 115 Å². The molecule has 0 amide bonds. The third-order valence-electron chi connectivity index (χ3n) is 4.84. The zero-order chi connectivity index (χ0) is 13.1. The van der Waals surface area contributed by atoms with E-state index in [1.807, 2.05) is 19.6 Å². The van der Waals surface area contributed by atoms with Crippen molar-refractivity contribution in [2.24, 2.45) is 0 Å². The highest BCUT2D eigenvalue weighted by Gasteiger charge is 2.31. The molecule has 2 aliphatic rings. The largest absolute Gasteiger partial charge is 0.381 e. The lowest BCUT2D eigenvalue weighted by molar-refractivity contribution is 0.0605. The first-order valence-electron chi connectivity index (χ1n) is 7.63. The molecule has 0 saturated heterocycles. The predicted octanol–water partition coefficient (Wildman–Crippen LogP) is 2.52. The number of imidazole rings is 1. The van der Waals surface area contributed by atoms with Crippen LogP contribution in [0.3, 0.4) is 0 Å². The van der Waals surface area contributed by atoms with Crippen molar-refractivity contribution in [3.05, 3.63) is 18.7 Å². The quantitative estimate of drug-likeness (QED) is 0.907. The molecule has 1 heterocycles. The van der Waals surface area contributed by atoms with Gasteiger partial charge in [0.25, 0.3) is 0 Å². The third-order valence-corrected chi connectivity index (χ3v) is 4.84. The Morgan fingerprint density at radius 1 is 1.16 bits per heavy atom. The normalized spacial score (nSPS) is 35.6. The summed E-state index contributed by atoms with van der Waals surface area (Å²) in [6.45, 7) is 0. The van der Waals surface area contributed by atoms with Gasteiger partial charge in [-0.3, -0.25) is 0 Å². The summed E-state index contributed by atoms with van der Waals surface area (Å²) in [6.07, 6.45) is 15.3. The van der Waals surface area contributed by atoms with Gasteiger partial charge in [-0.05, 0) is 44.9 Å². The maximum Gasteiger partial charge on any atom is 0.0949 e. The van der Waals surface area contributed by atoms with Crippen LogP contribution in [-0.2, 0) is 4.74 Å². The number of hydrogen-bond acceptors (Lipinski definition) is 3. The molecular weight excluding hydrogens is 238 g/mol. The van der Waals surface area contributed by atoms with E-state index in [4.69, 9.17) is 4.74 Å².